The fourth-order valence-electron chi connectivity index (χ4n) is 2.31. The highest BCUT2D eigenvalue weighted by atomic mass is 16.7. The van der Waals surface area contributed by atoms with Crippen molar-refractivity contribution in [3.63, 3.8) is 0 Å². The Kier molecular flexibility index (Phi) is 1.35. The molecule has 1 saturated heterocycles. The predicted octanol–water partition coefficient (Wildman–Crippen LogP) is 1.01. The van der Waals surface area contributed by atoms with Gasteiger partial charge in [0.1, 0.15) is 6.10 Å². The Balaban J connectivity index is 2.11. The molecule has 1 aliphatic heterocycles. The smallest absolute Gasteiger partial charge is 0.345 e. The first-order valence-electron chi connectivity index (χ1n) is 4.63. The molecule has 0 N–H and O–H groups in total. The van der Waals surface area contributed by atoms with Crippen molar-refractivity contribution in [3.05, 3.63) is 35.4 Å². The summed E-state index contributed by atoms with van der Waals surface area (Å²) in [4.78, 5) is 11.6. The summed E-state index contributed by atoms with van der Waals surface area (Å²) in [6, 6.07) is 7.89. The van der Waals surface area contributed by atoms with E-state index >= 15 is 0 Å². The third-order valence-electron chi connectivity index (χ3n) is 3.04. The number of carbonyl (C=O) groups excluding carboxylic acids is 1. The normalized spacial score (nSPS) is 31.9. The van der Waals surface area contributed by atoms with Gasteiger partial charge in [-0.25, -0.2) is 4.79 Å². The summed E-state index contributed by atoms with van der Waals surface area (Å²) >= 11 is 0. The maximum atomic E-state index is 11.6. The minimum atomic E-state index is -0.759. The average Bonchev–Trinajstić information content (AvgIpc) is 2.86. The second kappa shape index (κ2) is 2.36. The van der Waals surface area contributed by atoms with Crippen LogP contribution in [0.3, 0.4) is 0 Å². The van der Waals surface area contributed by atoms with Gasteiger partial charge in [-0.3, -0.25) is 0 Å². The number of rotatable bonds is 1. The molecule has 3 nitrogen and oxygen atoms in total. The molecule has 0 bridgehead atoms. The van der Waals surface area contributed by atoms with Gasteiger partial charge in [-0.15, -0.1) is 0 Å². The van der Waals surface area contributed by atoms with Crippen molar-refractivity contribution in [1.82, 2.24) is 0 Å². The van der Waals surface area contributed by atoms with E-state index in [2.05, 4.69) is 0 Å². The fraction of sp³-hybridized carbons (Fsp3) is 0.364. The summed E-state index contributed by atoms with van der Waals surface area (Å²) in [5.74, 6) is -0.271. The lowest BCUT2D eigenvalue weighted by atomic mass is 10.0. The van der Waals surface area contributed by atoms with Crippen molar-refractivity contribution in [2.45, 2.75) is 18.1 Å². The van der Waals surface area contributed by atoms with Crippen LogP contribution in [0.25, 0.3) is 0 Å². The molecule has 72 valence electrons. The molecule has 0 amide bonds. The van der Waals surface area contributed by atoms with E-state index in [0.717, 1.165) is 12.0 Å². The molecule has 3 rings (SSSR count). The lowest BCUT2D eigenvalue weighted by Crippen LogP contribution is -2.23. The Morgan fingerprint density at radius 2 is 2.36 bits per heavy atom. The number of methoxy groups -OCH3 is 1. The molecule has 1 fully saturated rings. The quantitative estimate of drug-likeness (QED) is 0.490. The molecular formula is C11H10O3. The Hall–Kier alpha value is -1.35. The summed E-state index contributed by atoms with van der Waals surface area (Å²) < 4.78 is 10.2. The average molecular weight is 190 g/mol. The number of fused-ring (bicyclic) bond motifs is 3. The van der Waals surface area contributed by atoms with E-state index in [1.54, 1.807) is 0 Å². The zero-order valence-corrected chi connectivity index (χ0v) is 7.82. The van der Waals surface area contributed by atoms with Gasteiger partial charge in [-0.1, -0.05) is 24.3 Å². The SMILES string of the molecule is COC(=O)C12OC1Cc1ccccc12. The zero-order valence-electron chi connectivity index (χ0n) is 7.82. The number of carbonyl (C=O) groups is 1. The zero-order chi connectivity index (χ0) is 9.76. The van der Waals surface area contributed by atoms with Crippen LogP contribution in [0, 0.1) is 0 Å². The van der Waals surface area contributed by atoms with Crippen LogP contribution < -0.4 is 0 Å². The lowest BCUT2D eigenvalue weighted by molar-refractivity contribution is -0.147. The van der Waals surface area contributed by atoms with Gasteiger partial charge in [-0.2, -0.15) is 0 Å². The first-order chi connectivity index (χ1) is 6.79. The van der Waals surface area contributed by atoms with E-state index in [-0.39, 0.29) is 12.1 Å². The summed E-state index contributed by atoms with van der Waals surface area (Å²) in [6.45, 7) is 0. The monoisotopic (exact) mass is 190 g/mol. The van der Waals surface area contributed by atoms with Crippen LogP contribution in [0.2, 0.25) is 0 Å². The molecule has 1 heterocycles. The predicted molar refractivity (Wildman–Crippen MR) is 48.7 cm³/mol. The molecule has 0 aromatic heterocycles. The summed E-state index contributed by atoms with van der Waals surface area (Å²) in [5.41, 5.74) is 1.43. The van der Waals surface area contributed by atoms with Gasteiger partial charge in [-0.05, 0) is 5.56 Å². The number of ether oxygens (including phenoxy) is 2. The van der Waals surface area contributed by atoms with Gasteiger partial charge in [0.25, 0.3) is 0 Å². The van der Waals surface area contributed by atoms with E-state index in [1.807, 2.05) is 24.3 Å². The highest BCUT2D eigenvalue weighted by molar-refractivity contribution is 5.87. The molecule has 2 unspecified atom stereocenters. The van der Waals surface area contributed by atoms with Crippen LogP contribution in [0.15, 0.2) is 24.3 Å². The van der Waals surface area contributed by atoms with Crippen LogP contribution in [-0.2, 0) is 26.3 Å². The Morgan fingerprint density at radius 3 is 3.14 bits per heavy atom. The minimum Gasteiger partial charge on any atom is -0.467 e. The van der Waals surface area contributed by atoms with Crippen LogP contribution in [0.4, 0.5) is 0 Å². The maximum Gasteiger partial charge on any atom is 0.345 e. The molecule has 1 aromatic rings. The maximum absolute atomic E-state index is 11.6. The number of hydrogen-bond acceptors (Lipinski definition) is 3. The van der Waals surface area contributed by atoms with Crippen molar-refractivity contribution in [2.75, 3.05) is 7.11 Å². The molecule has 0 radical (unpaired) electrons. The summed E-state index contributed by atoms with van der Waals surface area (Å²) in [5, 5.41) is 0. The van der Waals surface area contributed by atoms with Crippen molar-refractivity contribution in [1.29, 1.82) is 0 Å². The molecule has 2 atom stereocenters. The third-order valence-corrected chi connectivity index (χ3v) is 3.04. The van der Waals surface area contributed by atoms with Gasteiger partial charge in [0.2, 0.25) is 5.60 Å². The van der Waals surface area contributed by atoms with E-state index in [1.165, 1.54) is 12.7 Å². The van der Waals surface area contributed by atoms with Gasteiger partial charge in [0.05, 0.1) is 7.11 Å². The number of benzene rings is 1. The van der Waals surface area contributed by atoms with Gasteiger partial charge in [0.15, 0.2) is 0 Å². The molecule has 14 heavy (non-hydrogen) atoms. The van der Waals surface area contributed by atoms with Crippen molar-refractivity contribution >= 4 is 5.97 Å². The standard InChI is InChI=1S/C11H10O3/c1-13-10(12)11-8-5-3-2-4-7(8)6-9(11)14-11/h2-5,9H,6H2,1H3. The second-order valence-corrected chi connectivity index (χ2v) is 3.69. The lowest BCUT2D eigenvalue weighted by Gasteiger charge is -2.09. The van der Waals surface area contributed by atoms with Gasteiger partial charge >= 0.3 is 5.97 Å². The molecule has 0 saturated carbocycles. The minimum absolute atomic E-state index is 0.00681. The van der Waals surface area contributed by atoms with Gasteiger partial charge in [0, 0.05) is 12.0 Å². The number of epoxide rings is 1. The Bertz CT molecular complexity index is 413. The Morgan fingerprint density at radius 1 is 1.57 bits per heavy atom. The first kappa shape index (κ1) is 8.00. The second-order valence-electron chi connectivity index (χ2n) is 3.69. The highest BCUT2D eigenvalue weighted by Gasteiger charge is 2.69. The van der Waals surface area contributed by atoms with E-state index in [0.29, 0.717) is 0 Å². The van der Waals surface area contributed by atoms with Crippen LogP contribution >= 0.6 is 0 Å². The van der Waals surface area contributed by atoms with E-state index in [4.69, 9.17) is 9.47 Å². The first-order valence-corrected chi connectivity index (χ1v) is 4.63. The largest absolute Gasteiger partial charge is 0.467 e. The van der Waals surface area contributed by atoms with E-state index < -0.39 is 5.60 Å². The Labute approximate surface area is 81.6 Å². The van der Waals surface area contributed by atoms with E-state index in [9.17, 15) is 4.79 Å². The third kappa shape index (κ3) is 0.738. The molecule has 2 aliphatic rings. The van der Waals surface area contributed by atoms with Crippen LogP contribution in [0.1, 0.15) is 11.1 Å². The number of esters is 1. The summed E-state index contributed by atoms with van der Waals surface area (Å²) in [7, 11) is 1.40. The highest BCUT2D eigenvalue weighted by Crippen LogP contribution is 2.55. The molecular weight excluding hydrogens is 180 g/mol. The van der Waals surface area contributed by atoms with Crippen molar-refractivity contribution in [3.8, 4) is 0 Å². The molecule has 1 aromatic carbocycles. The van der Waals surface area contributed by atoms with Gasteiger partial charge < -0.3 is 9.47 Å². The number of hydrogen-bond donors (Lipinski definition) is 0. The summed E-state index contributed by atoms with van der Waals surface area (Å²) in [6.07, 6.45) is 0.831. The molecule has 3 heteroatoms. The fourth-order valence-corrected chi connectivity index (χ4v) is 2.31. The molecule has 1 aliphatic carbocycles. The topological polar surface area (TPSA) is 38.8 Å². The van der Waals surface area contributed by atoms with Crippen LogP contribution in [-0.4, -0.2) is 19.2 Å². The van der Waals surface area contributed by atoms with Crippen molar-refractivity contribution < 1.29 is 14.3 Å². The van der Waals surface area contributed by atoms with Crippen LogP contribution in [0.5, 0.6) is 0 Å². The van der Waals surface area contributed by atoms with Crippen molar-refractivity contribution in [2.24, 2.45) is 0 Å². The molecule has 0 spiro atoms.